The molecule has 2 rings (SSSR count). The van der Waals surface area contributed by atoms with Crippen LogP contribution in [0.3, 0.4) is 0 Å². The van der Waals surface area contributed by atoms with Crippen LogP contribution in [0.5, 0.6) is 0 Å². The summed E-state index contributed by atoms with van der Waals surface area (Å²) in [7, 11) is 3.54. The molecule has 0 spiro atoms. The molecule has 0 aromatic heterocycles. The third-order valence-corrected chi connectivity index (χ3v) is 4.96. The molecule has 0 aliphatic carbocycles. The molecule has 1 amide bonds. The van der Waals surface area contributed by atoms with Gasteiger partial charge in [0.05, 0.1) is 11.4 Å². The van der Waals surface area contributed by atoms with Crippen LogP contribution in [0.2, 0.25) is 0 Å². The van der Waals surface area contributed by atoms with E-state index in [0.29, 0.717) is 11.0 Å². The van der Waals surface area contributed by atoms with Crippen molar-refractivity contribution in [3.63, 3.8) is 0 Å². The molecular formula is C17H27N3O. The summed E-state index contributed by atoms with van der Waals surface area (Å²) in [5, 5.41) is 0. The average molecular weight is 289 g/mol. The highest BCUT2D eigenvalue weighted by molar-refractivity contribution is 5.96. The van der Waals surface area contributed by atoms with Gasteiger partial charge in [0.15, 0.2) is 0 Å². The Balaban J connectivity index is 2.28. The third kappa shape index (κ3) is 2.99. The second-order valence-electron chi connectivity index (χ2n) is 6.35. The van der Waals surface area contributed by atoms with Crippen molar-refractivity contribution < 1.29 is 4.79 Å². The topological polar surface area (TPSA) is 49.6 Å². The third-order valence-electron chi connectivity index (χ3n) is 4.96. The number of benzene rings is 1. The molecule has 0 unspecified atom stereocenters. The van der Waals surface area contributed by atoms with Crippen LogP contribution in [0.25, 0.3) is 0 Å². The van der Waals surface area contributed by atoms with E-state index < -0.39 is 0 Å². The Bertz CT molecular complexity index is 521. The molecule has 0 atom stereocenters. The number of carbonyl (C=O) groups excluding carboxylic acids is 1. The molecular weight excluding hydrogens is 262 g/mol. The number of anilines is 2. The van der Waals surface area contributed by atoms with Crippen molar-refractivity contribution in [2.24, 2.45) is 5.41 Å². The van der Waals surface area contributed by atoms with E-state index in [9.17, 15) is 4.79 Å². The number of hydrogen-bond donors (Lipinski definition) is 1. The van der Waals surface area contributed by atoms with Crippen molar-refractivity contribution in [1.82, 2.24) is 4.90 Å². The molecule has 4 nitrogen and oxygen atoms in total. The SMILES string of the molecule is CCC1(CC)CCN(c2cc(C(=O)N(C)C)ccc2N)C1. The lowest BCUT2D eigenvalue weighted by atomic mass is 9.82. The van der Waals surface area contributed by atoms with Gasteiger partial charge in [-0.05, 0) is 42.9 Å². The first-order valence-corrected chi connectivity index (χ1v) is 7.78. The number of carbonyl (C=O) groups is 1. The maximum absolute atomic E-state index is 12.1. The first-order chi connectivity index (χ1) is 9.92. The Labute approximate surface area is 127 Å². The maximum atomic E-state index is 12.1. The maximum Gasteiger partial charge on any atom is 0.253 e. The predicted molar refractivity (Wildman–Crippen MR) is 88.7 cm³/mol. The summed E-state index contributed by atoms with van der Waals surface area (Å²) in [6, 6.07) is 5.60. The normalized spacial score (nSPS) is 17.0. The Kier molecular flexibility index (Phi) is 4.45. The molecule has 1 aliphatic rings. The lowest BCUT2D eigenvalue weighted by Gasteiger charge is -2.28. The van der Waals surface area contributed by atoms with Crippen molar-refractivity contribution in [3.05, 3.63) is 23.8 Å². The van der Waals surface area contributed by atoms with Crippen LogP contribution in [0.1, 0.15) is 43.5 Å². The minimum absolute atomic E-state index is 0.0210. The fourth-order valence-electron chi connectivity index (χ4n) is 3.18. The highest BCUT2D eigenvalue weighted by Crippen LogP contribution is 2.40. The monoisotopic (exact) mass is 289 g/mol. The highest BCUT2D eigenvalue weighted by atomic mass is 16.2. The summed E-state index contributed by atoms with van der Waals surface area (Å²) in [5.41, 5.74) is 9.01. The minimum Gasteiger partial charge on any atom is -0.397 e. The largest absolute Gasteiger partial charge is 0.397 e. The zero-order valence-electron chi connectivity index (χ0n) is 13.6. The smallest absolute Gasteiger partial charge is 0.253 e. The lowest BCUT2D eigenvalue weighted by Crippen LogP contribution is -2.27. The highest BCUT2D eigenvalue weighted by Gasteiger charge is 2.35. The molecule has 1 fully saturated rings. The van der Waals surface area contributed by atoms with E-state index in [1.165, 1.54) is 19.3 Å². The van der Waals surface area contributed by atoms with E-state index >= 15 is 0 Å². The molecule has 1 saturated heterocycles. The average Bonchev–Trinajstić information content (AvgIpc) is 2.92. The number of rotatable bonds is 4. The minimum atomic E-state index is 0.0210. The molecule has 21 heavy (non-hydrogen) atoms. The Hall–Kier alpha value is -1.71. The summed E-state index contributed by atoms with van der Waals surface area (Å²) in [5.74, 6) is 0.0210. The van der Waals surface area contributed by atoms with E-state index in [2.05, 4.69) is 18.7 Å². The molecule has 4 heteroatoms. The molecule has 0 bridgehead atoms. The second kappa shape index (κ2) is 5.96. The van der Waals surface area contributed by atoms with Gasteiger partial charge in [0.25, 0.3) is 5.91 Å². The molecule has 116 valence electrons. The zero-order chi connectivity index (χ0) is 15.6. The van der Waals surface area contributed by atoms with Gasteiger partial charge in [-0.15, -0.1) is 0 Å². The van der Waals surface area contributed by atoms with Gasteiger partial charge >= 0.3 is 0 Å². The fraction of sp³-hybridized carbons (Fsp3) is 0.588. The van der Waals surface area contributed by atoms with Crippen molar-refractivity contribution >= 4 is 17.3 Å². The fourth-order valence-corrected chi connectivity index (χ4v) is 3.18. The predicted octanol–water partition coefficient (Wildman–Crippen LogP) is 2.99. The standard InChI is InChI=1S/C17H27N3O/c1-5-17(6-2)9-10-20(12-17)15-11-13(7-8-14(15)18)16(21)19(3)4/h7-8,11H,5-6,9-10,12,18H2,1-4H3. The first-order valence-electron chi connectivity index (χ1n) is 7.78. The molecule has 1 heterocycles. The van der Waals surface area contributed by atoms with Gasteiger partial charge in [0.1, 0.15) is 0 Å². The van der Waals surface area contributed by atoms with Crippen LogP contribution in [0, 0.1) is 5.41 Å². The van der Waals surface area contributed by atoms with Gasteiger partial charge in [0, 0.05) is 32.7 Å². The number of nitrogens with two attached hydrogens (primary N) is 1. The van der Waals surface area contributed by atoms with Gasteiger partial charge in [-0.2, -0.15) is 0 Å². The Morgan fingerprint density at radius 2 is 2.00 bits per heavy atom. The van der Waals surface area contributed by atoms with Crippen LogP contribution in [-0.4, -0.2) is 38.0 Å². The van der Waals surface area contributed by atoms with Crippen molar-refractivity contribution in [1.29, 1.82) is 0 Å². The second-order valence-corrected chi connectivity index (χ2v) is 6.35. The number of nitrogens with zero attached hydrogens (tertiary/aromatic N) is 2. The van der Waals surface area contributed by atoms with E-state index in [4.69, 9.17) is 5.73 Å². The molecule has 1 aromatic rings. The van der Waals surface area contributed by atoms with Crippen LogP contribution in [0.4, 0.5) is 11.4 Å². The van der Waals surface area contributed by atoms with Crippen LogP contribution in [-0.2, 0) is 0 Å². The first kappa shape index (κ1) is 15.7. The zero-order valence-corrected chi connectivity index (χ0v) is 13.6. The van der Waals surface area contributed by atoms with E-state index in [1.807, 2.05) is 18.2 Å². The molecule has 2 N–H and O–H groups in total. The quantitative estimate of drug-likeness (QED) is 0.867. The van der Waals surface area contributed by atoms with Crippen molar-refractivity contribution in [2.45, 2.75) is 33.1 Å². The van der Waals surface area contributed by atoms with Gasteiger partial charge < -0.3 is 15.5 Å². The van der Waals surface area contributed by atoms with Crippen LogP contribution in [0.15, 0.2) is 18.2 Å². The number of nitrogen functional groups attached to an aromatic ring is 1. The lowest BCUT2D eigenvalue weighted by molar-refractivity contribution is 0.0827. The summed E-state index contributed by atoms with van der Waals surface area (Å²) in [6.45, 7) is 6.58. The summed E-state index contributed by atoms with van der Waals surface area (Å²) < 4.78 is 0. The van der Waals surface area contributed by atoms with Gasteiger partial charge in [-0.25, -0.2) is 0 Å². The Morgan fingerprint density at radius 1 is 1.33 bits per heavy atom. The summed E-state index contributed by atoms with van der Waals surface area (Å²) >= 11 is 0. The van der Waals surface area contributed by atoms with E-state index in [0.717, 1.165) is 24.5 Å². The summed E-state index contributed by atoms with van der Waals surface area (Å²) in [4.78, 5) is 16.1. The van der Waals surface area contributed by atoms with Gasteiger partial charge in [-0.3, -0.25) is 4.79 Å². The Morgan fingerprint density at radius 3 is 2.52 bits per heavy atom. The number of hydrogen-bond acceptors (Lipinski definition) is 3. The van der Waals surface area contributed by atoms with E-state index in [1.54, 1.807) is 19.0 Å². The summed E-state index contributed by atoms with van der Waals surface area (Å²) in [6.07, 6.45) is 3.58. The van der Waals surface area contributed by atoms with Crippen LogP contribution < -0.4 is 10.6 Å². The molecule has 0 radical (unpaired) electrons. The van der Waals surface area contributed by atoms with E-state index in [-0.39, 0.29) is 5.91 Å². The van der Waals surface area contributed by atoms with Crippen molar-refractivity contribution in [3.8, 4) is 0 Å². The number of amides is 1. The molecule has 0 saturated carbocycles. The van der Waals surface area contributed by atoms with Gasteiger partial charge in [0.2, 0.25) is 0 Å². The molecule has 1 aromatic carbocycles. The molecule has 1 aliphatic heterocycles. The van der Waals surface area contributed by atoms with Crippen molar-refractivity contribution in [2.75, 3.05) is 37.8 Å². The van der Waals surface area contributed by atoms with Crippen LogP contribution >= 0.6 is 0 Å². The van der Waals surface area contributed by atoms with Gasteiger partial charge in [-0.1, -0.05) is 13.8 Å².